The van der Waals surface area contributed by atoms with E-state index in [2.05, 4.69) is 25.3 Å². The molecule has 1 aliphatic heterocycles. The zero-order valence-electron chi connectivity index (χ0n) is 15.0. The van der Waals surface area contributed by atoms with Crippen molar-refractivity contribution in [2.75, 3.05) is 17.7 Å². The van der Waals surface area contributed by atoms with Crippen LogP contribution < -0.4 is 16.4 Å². The van der Waals surface area contributed by atoms with Gasteiger partial charge in [-0.1, -0.05) is 12.2 Å². The van der Waals surface area contributed by atoms with E-state index in [4.69, 9.17) is 5.73 Å². The van der Waals surface area contributed by atoms with Gasteiger partial charge in [0.2, 0.25) is 0 Å². The number of anilines is 2. The van der Waals surface area contributed by atoms with E-state index in [1.54, 1.807) is 12.3 Å². The number of rotatable bonds is 1. The molecule has 1 atom stereocenters. The Morgan fingerprint density at radius 1 is 1.39 bits per heavy atom. The Morgan fingerprint density at radius 2 is 2.18 bits per heavy atom. The number of aromatic amines is 1. The quantitative estimate of drug-likeness (QED) is 0.556. The fourth-order valence-corrected chi connectivity index (χ4v) is 2.67. The normalized spacial score (nSPS) is 18.7. The van der Waals surface area contributed by atoms with Gasteiger partial charge in [0.25, 0.3) is 5.91 Å². The fourth-order valence-electron chi connectivity index (χ4n) is 2.67. The van der Waals surface area contributed by atoms with Gasteiger partial charge >= 0.3 is 12.0 Å². The number of alkyl halides is 2. The van der Waals surface area contributed by atoms with Crippen LogP contribution in [0.3, 0.4) is 0 Å². The van der Waals surface area contributed by atoms with Crippen LogP contribution >= 0.6 is 0 Å². The monoisotopic (exact) mass is 391 g/mol. The Kier molecular flexibility index (Phi) is 5.41. The number of allylic oxidation sites excluding steroid dienone is 1. The van der Waals surface area contributed by atoms with Gasteiger partial charge in [-0.25, -0.2) is 9.78 Å². The number of fused-ring (bicyclic) bond motifs is 4. The molecule has 28 heavy (non-hydrogen) atoms. The molecule has 1 aromatic heterocycles. The summed E-state index contributed by atoms with van der Waals surface area (Å²) in [6.45, 7) is 0. The van der Waals surface area contributed by atoms with Crippen LogP contribution in [0.2, 0.25) is 0 Å². The van der Waals surface area contributed by atoms with Crippen molar-refractivity contribution in [1.29, 1.82) is 0 Å². The Balaban J connectivity index is 2.07. The van der Waals surface area contributed by atoms with E-state index in [1.807, 2.05) is 0 Å². The average molecular weight is 391 g/mol. The number of halogens is 2. The lowest BCUT2D eigenvalue weighted by Gasteiger charge is -2.17. The summed E-state index contributed by atoms with van der Waals surface area (Å²) in [5.41, 5.74) is 7.16. The van der Waals surface area contributed by atoms with Gasteiger partial charge in [-0.15, -0.1) is 0 Å². The van der Waals surface area contributed by atoms with Gasteiger partial charge in [0, 0.05) is 23.9 Å². The van der Waals surface area contributed by atoms with Crippen LogP contribution in [0.5, 0.6) is 0 Å². The van der Waals surface area contributed by atoms with Crippen LogP contribution in [0.25, 0.3) is 11.3 Å². The summed E-state index contributed by atoms with van der Waals surface area (Å²) in [5, 5.41) is 4.65. The number of aromatic nitrogens is 2. The molecule has 0 saturated carbocycles. The molecule has 0 radical (unpaired) electrons. The fraction of sp³-hybridized carbons (Fsp3) is 0.278. The third kappa shape index (κ3) is 4.17. The van der Waals surface area contributed by atoms with Gasteiger partial charge in [-0.3, -0.25) is 10.1 Å². The molecule has 2 heterocycles. The molecule has 3 rings (SSSR count). The van der Waals surface area contributed by atoms with E-state index in [1.165, 1.54) is 31.4 Å². The number of nitrogens with two attached hydrogens (primary N) is 1. The summed E-state index contributed by atoms with van der Waals surface area (Å²) >= 11 is 0. The van der Waals surface area contributed by atoms with Crippen LogP contribution in [0.4, 0.5) is 25.0 Å². The Morgan fingerprint density at radius 3 is 2.93 bits per heavy atom. The number of benzene rings is 1. The number of carbonyl (C=O) groups excluding carboxylic acids is 2. The summed E-state index contributed by atoms with van der Waals surface area (Å²) in [4.78, 5) is 30.9. The number of carbonyl (C=O) groups is 2. The third-order valence-electron chi connectivity index (χ3n) is 4.19. The topological polar surface area (TPSA) is 122 Å². The van der Waals surface area contributed by atoms with Crippen molar-refractivity contribution in [3.8, 4) is 11.3 Å². The molecular formula is C18H19F2N5O3. The van der Waals surface area contributed by atoms with Crippen molar-refractivity contribution in [3.63, 3.8) is 0 Å². The number of nitrogens with zero attached hydrogens (tertiary/aromatic N) is 1. The molecule has 148 valence electrons. The van der Waals surface area contributed by atoms with Crippen LogP contribution in [0.1, 0.15) is 24.7 Å². The molecule has 8 nitrogen and oxygen atoms in total. The van der Waals surface area contributed by atoms with Gasteiger partial charge in [-0.2, -0.15) is 8.78 Å². The number of nitrogens with one attached hydrogen (secondary N) is 3. The van der Waals surface area contributed by atoms with Gasteiger partial charge in [0.05, 0.1) is 24.5 Å². The number of imidazole rings is 1. The second kappa shape index (κ2) is 7.77. The van der Waals surface area contributed by atoms with Crippen molar-refractivity contribution in [3.05, 3.63) is 42.4 Å². The Labute approximate surface area is 159 Å². The maximum Gasteiger partial charge on any atom is 0.411 e. The molecule has 0 saturated heterocycles. The van der Waals surface area contributed by atoms with Crippen molar-refractivity contribution >= 4 is 23.4 Å². The predicted octanol–water partition coefficient (Wildman–Crippen LogP) is 3.18. The highest BCUT2D eigenvalue weighted by molar-refractivity contribution is 6.00. The van der Waals surface area contributed by atoms with Crippen LogP contribution in [0.15, 0.2) is 36.5 Å². The minimum Gasteiger partial charge on any atom is -0.453 e. The number of methoxy groups -OCH3 is 1. The zero-order chi connectivity index (χ0) is 20.3. The second-order valence-electron chi connectivity index (χ2n) is 6.22. The van der Waals surface area contributed by atoms with E-state index >= 15 is 0 Å². The summed E-state index contributed by atoms with van der Waals surface area (Å²) in [6, 6.07) is 3.92. The average Bonchev–Trinajstić information content (AvgIpc) is 3.14. The highest BCUT2D eigenvalue weighted by atomic mass is 19.3. The first-order valence-electron chi connectivity index (χ1n) is 8.44. The van der Waals surface area contributed by atoms with Crippen LogP contribution in [-0.4, -0.2) is 35.0 Å². The van der Waals surface area contributed by atoms with E-state index in [0.717, 1.165) is 0 Å². The summed E-state index contributed by atoms with van der Waals surface area (Å²) in [5.74, 6) is -4.60. The molecule has 0 aliphatic carbocycles. The first-order valence-corrected chi connectivity index (χ1v) is 8.44. The molecule has 1 aromatic carbocycles. The standard InChI is InChI=1S/C18H19F2N5O3/c1-28-17(27)23-10-5-6-11-13(8-10)25-16(26)18(19,20)7-3-2-4-12(21)15-22-9-14(11)24-15/h2-3,5-6,8-9,12H,4,7,21H2,1H3,(H,22,24)(H,23,27)(H,25,26)/t12-/m0/s1. The minimum absolute atomic E-state index is 0.0634. The second-order valence-corrected chi connectivity index (χ2v) is 6.22. The number of hydrogen-bond acceptors (Lipinski definition) is 5. The largest absolute Gasteiger partial charge is 0.453 e. The highest BCUT2D eigenvalue weighted by Gasteiger charge is 2.38. The van der Waals surface area contributed by atoms with E-state index in [-0.39, 0.29) is 11.4 Å². The zero-order valence-corrected chi connectivity index (χ0v) is 15.0. The van der Waals surface area contributed by atoms with Gasteiger partial charge in [0.15, 0.2) is 0 Å². The third-order valence-corrected chi connectivity index (χ3v) is 4.19. The van der Waals surface area contributed by atoms with Gasteiger partial charge in [-0.05, 0) is 24.6 Å². The number of hydrogen-bond donors (Lipinski definition) is 4. The van der Waals surface area contributed by atoms with Crippen LogP contribution in [0, 0.1) is 0 Å². The summed E-state index contributed by atoms with van der Waals surface area (Å²) in [6.07, 6.45) is 3.08. The number of amides is 2. The SMILES string of the molecule is COC(=O)Nc1ccc2c(c1)NC(=O)C(F)(F)CC=CC[C@H](N)c1nc-2c[nH]1. The predicted molar refractivity (Wildman–Crippen MR) is 98.9 cm³/mol. The molecule has 2 bridgehead atoms. The molecule has 0 spiro atoms. The van der Waals surface area contributed by atoms with Gasteiger partial charge < -0.3 is 20.8 Å². The Bertz CT molecular complexity index is 926. The summed E-state index contributed by atoms with van der Waals surface area (Å²) < 4.78 is 32.9. The first-order chi connectivity index (χ1) is 13.3. The molecule has 2 aromatic rings. The first kappa shape index (κ1) is 19.5. The smallest absolute Gasteiger partial charge is 0.411 e. The van der Waals surface area contributed by atoms with Crippen molar-refractivity contribution in [2.45, 2.75) is 24.8 Å². The molecule has 10 heteroatoms. The summed E-state index contributed by atoms with van der Waals surface area (Å²) in [7, 11) is 1.19. The molecule has 0 unspecified atom stereocenters. The maximum atomic E-state index is 14.2. The lowest BCUT2D eigenvalue weighted by atomic mass is 10.1. The van der Waals surface area contributed by atoms with Crippen molar-refractivity contribution < 1.29 is 23.1 Å². The van der Waals surface area contributed by atoms with Gasteiger partial charge in [0.1, 0.15) is 5.82 Å². The number of ether oxygens (including phenoxy) is 1. The van der Waals surface area contributed by atoms with E-state index in [9.17, 15) is 18.4 Å². The van der Waals surface area contributed by atoms with E-state index < -0.39 is 30.4 Å². The molecule has 5 N–H and O–H groups in total. The Hall–Kier alpha value is -3.27. The van der Waals surface area contributed by atoms with Crippen molar-refractivity contribution in [1.82, 2.24) is 9.97 Å². The van der Waals surface area contributed by atoms with Crippen molar-refractivity contribution in [2.24, 2.45) is 5.73 Å². The minimum atomic E-state index is -3.62. The molecular weight excluding hydrogens is 372 g/mol. The molecule has 2 amide bonds. The highest BCUT2D eigenvalue weighted by Crippen LogP contribution is 2.32. The molecule has 0 fully saturated rings. The lowest BCUT2D eigenvalue weighted by Crippen LogP contribution is -2.34. The van der Waals surface area contributed by atoms with Crippen LogP contribution in [-0.2, 0) is 9.53 Å². The van der Waals surface area contributed by atoms with E-state index in [0.29, 0.717) is 23.5 Å². The lowest BCUT2D eigenvalue weighted by molar-refractivity contribution is -0.139. The molecule has 1 aliphatic rings. The number of H-pyrrole nitrogens is 1. The maximum absolute atomic E-state index is 14.2.